The van der Waals surface area contributed by atoms with Crippen molar-refractivity contribution in [2.75, 3.05) is 51.8 Å². The molecular weight excluding hydrogens is 453 g/mol. The highest BCUT2D eigenvalue weighted by Crippen LogP contribution is 2.13. The molecule has 3 rings (SSSR count). The van der Waals surface area contributed by atoms with Crippen LogP contribution in [0.15, 0.2) is 53.7 Å². The molecule has 0 bridgehead atoms. The Morgan fingerprint density at radius 1 is 1.11 bits per heavy atom. The molecule has 1 fully saturated rings. The summed E-state index contributed by atoms with van der Waals surface area (Å²) in [6.07, 6.45) is 2.80. The van der Waals surface area contributed by atoms with Crippen LogP contribution < -0.4 is 15.0 Å². The van der Waals surface area contributed by atoms with Crippen molar-refractivity contribution in [1.29, 1.82) is 0 Å². The van der Waals surface area contributed by atoms with E-state index in [-0.39, 0.29) is 24.0 Å². The summed E-state index contributed by atoms with van der Waals surface area (Å²) in [4.78, 5) is 13.5. The summed E-state index contributed by atoms with van der Waals surface area (Å²) in [6, 6.07) is 14.3. The fourth-order valence-corrected chi connectivity index (χ4v) is 3.13. The summed E-state index contributed by atoms with van der Waals surface area (Å²) in [5.41, 5.74) is 1.29. The number of pyridine rings is 1. The zero-order chi connectivity index (χ0) is 18.2. The SMILES string of the molecule is CN=C(NCCc1ccc(OC)cc1)N1CCN(c2ccccn2)CC1.I. The molecule has 0 spiro atoms. The number of rotatable bonds is 5. The van der Waals surface area contributed by atoms with Crippen LogP contribution in [0, 0.1) is 0 Å². The summed E-state index contributed by atoms with van der Waals surface area (Å²) in [7, 11) is 3.54. The first-order valence-corrected chi connectivity index (χ1v) is 9.04. The zero-order valence-corrected chi connectivity index (χ0v) is 18.3. The van der Waals surface area contributed by atoms with Gasteiger partial charge in [0.15, 0.2) is 5.96 Å². The van der Waals surface area contributed by atoms with Gasteiger partial charge < -0.3 is 19.9 Å². The van der Waals surface area contributed by atoms with Crippen LogP contribution in [0.5, 0.6) is 5.75 Å². The van der Waals surface area contributed by atoms with Crippen molar-refractivity contribution < 1.29 is 4.74 Å². The first-order valence-electron chi connectivity index (χ1n) is 9.04. The van der Waals surface area contributed by atoms with Crippen LogP contribution in [0.1, 0.15) is 5.56 Å². The Balaban J connectivity index is 0.00000261. The minimum absolute atomic E-state index is 0. The number of nitrogens with one attached hydrogen (secondary N) is 1. The van der Waals surface area contributed by atoms with E-state index in [1.165, 1.54) is 5.56 Å². The minimum Gasteiger partial charge on any atom is -0.497 e. The van der Waals surface area contributed by atoms with Crippen molar-refractivity contribution in [3.8, 4) is 5.75 Å². The van der Waals surface area contributed by atoms with Gasteiger partial charge in [0.1, 0.15) is 11.6 Å². The molecule has 2 aromatic rings. The van der Waals surface area contributed by atoms with Crippen LogP contribution in [-0.4, -0.2) is 62.7 Å². The van der Waals surface area contributed by atoms with E-state index in [1.54, 1.807) is 7.11 Å². The van der Waals surface area contributed by atoms with Gasteiger partial charge in [-0.3, -0.25) is 4.99 Å². The van der Waals surface area contributed by atoms with Crippen molar-refractivity contribution in [1.82, 2.24) is 15.2 Å². The number of piperazine rings is 1. The van der Waals surface area contributed by atoms with Gasteiger partial charge in [0, 0.05) is 46.0 Å². The van der Waals surface area contributed by atoms with Gasteiger partial charge in [0.05, 0.1) is 7.11 Å². The lowest BCUT2D eigenvalue weighted by molar-refractivity contribution is 0.372. The maximum atomic E-state index is 5.20. The first kappa shape index (κ1) is 21.3. The number of methoxy groups -OCH3 is 1. The highest BCUT2D eigenvalue weighted by atomic mass is 127. The van der Waals surface area contributed by atoms with E-state index in [0.717, 1.165) is 56.7 Å². The van der Waals surface area contributed by atoms with E-state index < -0.39 is 0 Å². The molecule has 1 N–H and O–H groups in total. The lowest BCUT2D eigenvalue weighted by Gasteiger charge is -2.37. The molecule has 1 aromatic heterocycles. The average molecular weight is 481 g/mol. The quantitative estimate of drug-likeness (QED) is 0.405. The van der Waals surface area contributed by atoms with E-state index in [9.17, 15) is 0 Å². The van der Waals surface area contributed by atoms with Gasteiger partial charge >= 0.3 is 0 Å². The largest absolute Gasteiger partial charge is 0.497 e. The minimum atomic E-state index is 0. The number of aromatic nitrogens is 1. The molecule has 0 atom stereocenters. The molecule has 0 unspecified atom stereocenters. The lowest BCUT2D eigenvalue weighted by Crippen LogP contribution is -2.53. The number of aliphatic imine (C=N–C) groups is 1. The second kappa shape index (κ2) is 11.0. The Hall–Kier alpha value is -2.03. The monoisotopic (exact) mass is 481 g/mol. The molecule has 2 heterocycles. The second-order valence-electron chi connectivity index (χ2n) is 6.23. The number of ether oxygens (including phenoxy) is 1. The van der Waals surface area contributed by atoms with Gasteiger partial charge in [0.2, 0.25) is 0 Å². The molecule has 1 saturated heterocycles. The van der Waals surface area contributed by atoms with Gasteiger partial charge in [0.25, 0.3) is 0 Å². The van der Waals surface area contributed by atoms with Crippen molar-refractivity contribution in [2.45, 2.75) is 6.42 Å². The molecule has 27 heavy (non-hydrogen) atoms. The molecule has 0 amide bonds. The molecular formula is C20H28IN5O. The number of anilines is 1. The number of guanidine groups is 1. The van der Waals surface area contributed by atoms with Gasteiger partial charge in [-0.25, -0.2) is 4.98 Å². The summed E-state index contributed by atoms with van der Waals surface area (Å²) < 4.78 is 5.20. The molecule has 0 radical (unpaired) electrons. The molecule has 146 valence electrons. The fourth-order valence-electron chi connectivity index (χ4n) is 3.13. The molecule has 1 aliphatic heterocycles. The Morgan fingerprint density at radius 2 is 1.85 bits per heavy atom. The topological polar surface area (TPSA) is 53.0 Å². The van der Waals surface area contributed by atoms with Crippen LogP contribution in [-0.2, 0) is 6.42 Å². The summed E-state index contributed by atoms with van der Waals surface area (Å²) in [5.74, 6) is 2.91. The van der Waals surface area contributed by atoms with Crippen LogP contribution in [0.4, 0.5) is 5.82 Å². The molecule has 7 heteroatoms. The van der Waals surface area contributed by atoms with Crippen molar-refractivity contribution in [3.63, 3.8) is 0 Å². The summed E-state index contributed by atoms with van der Waals surface area (Å²) >= 11 is 0. The van der Waals surface area contributed by atoms with Gasteiger partial charge in [-0.15, -0.1) is 24.0 Å². The van der Waals surface area contributed by atoms with Gasteiger partial charge in [-0.2, -0.15) is 0 Å². The predicted molar refractivity (Wildman–Crippen MR) is 121 cm³/mol. The molecule has 0 saturated carbocycles. The third kappa shape index (κ3) is 5.98. The molecule has 6 nitrogen and oxygen atoms in total. The van der Waals surface area contributed by atoms with E-state index in [0.29, 0.717) is 0 Å². The number of nitrogens with zero attached hydrogens (tertiary/aromatic N) is 4. The van der Waals surface area contributed by atoms with E-state index in [1.807, 2.05) is 37.5 Å². The van der Waals surface area contributed by atoms with Crippen molar-refractivity contribution in [2.24, 2.45) is 4.99 Å². The van der Waals surface area contributed by atoms with Crippen LogP contribution in [0.25, 0.3) is 0 Å². The Kier molecular flexibility index (Phi) is 8.63. The summed E-state index contributed by atoms with van der Waals surface area (Å²) in [6.45, 7) is 4.66. The van der Waals surface area contributed by atoms with Crippen molar-refractivity contribution in [3.05, 3.63) is 54.2 Å². The predicted octanol–water partition coefficient (Wildman–Crippen LogP) is 2.65. The number of halogens is 1. The normalized spacial score (nSPS) is 14.5. The van der Waals surface area contributed by atoms with Gasteiger partial charge in [-0.05, 0) is 36.2 Å². The van der Waals surface area contributed by atoms with Crippen LogP contribution in [0.2, 0.25) is 0 Å². The van der Waals surface area contributed by atoms with E-state index >= 15 is 0 Å². The fraction of sp³-hybridized carbons (Fsp3) is 0.400. The first-order chi connectivity index (χ1) is 12.8. The maximum absolute atomic E-state index is 5.20. The number of hydrogen-bond acceptors (Lipinski definition) is 4. The van der Waals surface area contributed by atoms with Crippen LogP contribution in [0.3, 0.4) is 0 Å². The molecule has 0 aliphatic carbocycles. The lowest BCUT2D eigenvalue weighted by atomic mass is 10.1. The Labute approximate surface area is 178 Å². The number of benzene rings is 1. The highest BCUT2D eigenvalue weighted by Gasteiger charge is 2.20. The van der Waals surface area contributed by atoms with Crippen molar-refractivity contribution >= 4 is 35.8 Å². The third-order valence-electron chi connectivity index (χ3n) is 4.62. The van der Waals surface area contributed by atoms with E-state index in [2.05, 4.69) is 43.3 Å². The zero-order valence-electron chi connectivity index (χ0n) is 16.0. The number of hydrogen-bond donors (Lipinski definition) is 1. The second-order valence-corrected chi connectivity index (χ2v) is 6.23. The highest BCUT2D eigenvalue weighted by molar-refractivity contribution is 14.0. The standard InChI is InChI=1S/C20H27N5O.HI/c1-21-20(23-12-10-17-6-8-18(26-2)9-7-17)25-15-13-24(14-16-25)19-5-3-4-11-22-19;/h3-9,11H,10,12-16H2,1-2H3,(H,21,23);1H. The van der Waals surface area contributed by atoms with E-state index in [4.69, 9.17) is 4.74 Å². The molecule has 1 aliphatic rings. The average Bonchev–Trinajstić information content (AvgIpc) is 2.72. The smallest absolute Gasteiger partial charge is 0.193 e. The van der Waals surface area contributed by atoms with Crippen LogP contribution >= 0.6 is 24.0 Å². The summed E-state index contributed by atoms with van der Waals surface area (Å²) in [5, 5.41) is 3.48. The molecule has 1 aromatic carbocycles. The Morgan fingerprint density at radius 3 is 2.44 bits per heavy atom. The maximum Gasteiger partial charge on any atom is 0.193 e. The van der Waals surface area contributed by atoms with Gasteiger partial charge in [-0.1, -0.05) is 18.2 Å². The third-order valence-corrected chi connectivity index (χ3v) is 4.62. The Bertz CT molecular complexity index is 700.